The van der Waals surface area contributed by atoms with Gasteiger partial charge in [0.05, 0.1) is 11.4 Å². The van der Waals surface area contributed by atoms with Crippen LogP contribution in [0.3, 0.4) is 0 Å². The van der Waals surface area contributed by atoms with Crippen LogP contribution in [0.15, 0.2) is 30.3 Å². The Hall–Kier alpha value is -1.43. The van der Waals surface area contributed by atoms with Gasteiger partial charge in [0.25, 0.3) is 0 Å². The smallest absolute Gasteiger partial charge is 0.188 e. The van der Waals surface area contributed by atoms with E-state index in [-0.39, 0.29) is 10.5 Å². The van der Waals surface area contributed by atoms with Crippen molar-refractivity contribution in [1.29, 1.82) is 0 Å². The lowest BCUT2D eigenvalue weighted by Crippen LogP contribution is -2.42. The van der Waals surface area contributed by atoms with Crippen LogP contribution < -0.4 is 0 Å². The predicted octanol–water partition coefficient (Wildman–Crippen LogP) is 5.79. The minimum absolute atomic E-state index is 0.00807. The summed E-state index contributed by atoms with van der Waals surface area (Å²) in [5.41, 5.74) is 3.39. The fourth-order valence-corrected chi connectivity index (χ4v) is 4.87. The van der Waals surface area contributed by atoms with Crippen LogP contribution in [0.4, 0.5) is 0 Å². The first-order chi connectivity index (χ1) is 12.9. The summed E-state index contributed by atoms with van der Waals surface area (Å²) < 4.78 is 8.05. The van der Waals surface area contributed by atoms with E-state index in [1.165, 1.54) is 11.3 Å². The number of benzene rings is 1. The number of hydrogen-bond acceptors (Lipinski definition) is 3. The van der Waals surface area contributed by atoms with E-state index in [4.69, 9.17) is 9.72 Å². The summed E-state index contributed by atoms with van der Waals surface area (Å²) in [6.45, 7) is 19.2. The molecule has 1 aromatic carbocycles. The zero-order chi connectivity index (χ0) is 21.2. The lowest BCUT2D eigenvalue weighted by atomic mass is 9.83. The fraction of sp³-hybridized carbons (Fsp3) is 0.609. The Morgan fingerprint density at radius 1 is 1.11 bits per heavy atom. The second-order valence-electron chi connectivity index (χ2n) is 9.84. The average Bonchev–Trinajstić information content (AvgIpc) is 2.86. The fourth-order valence-electron chi connectivity index (χ4n) is 3.96. The van der Waals surface area contributed by atoms with Crippen molar-refractivity contribution in [2.24, 2.45) is 5.41 Å². The Labute approximate surface area is 172 Å². The SMILES string of the molecule is CCOCc1nc(C)c(-c2ccccc2)n1CC(C)(C)CC(C)(C)[Si](C)(C)O. The largest absolute Gasteiger partial charge is 0.432 e. The van der Waals surface area contributed by atoms with Crippen LogP contribution in [0.25, 0.3) is 11.3 Å². The van der Waals surface area contributed by atoms with Crippen LogP contribution in [0.1, 0.15) is 52.6 Å². The molecule has 2 aromatic rings. The Bertz CT molecular complexity index is 774. The number of ether oxygens (including phenoxy) is 1. The quantitative estimate of drug-likeness (QED) is 0.540. The van der Waals surface area contributed by atoms with Gasteiger partial charge in [0.1, 0.15) is 12.4 Å². The molecule has 0 saturated heterocycles. The van der Waals surface area contributed by atoms with Gasteiger partial charge in [-0.3, -0.25) is 0 Å². The van der Waals surface area contributed by atoms with Gasteiger partial charge >= 0.3 is 0 Å². The van der Waals surface area contributed by atoms with E-state index < -0.39 is 8.32 Å². The summed E-state index contributed by atoms with van der Waals surface area (Å²) >= 11 is 0. The van der Waals surface area contributed by atoms with Gasteiger partial charge in [-0.15, -0.1) is 0 Å². The average molecular weight is 403 g/mol. The predicted molar refractivity (Wildman–Crippen MR) is 120 cm³/mol. The topological polar surface area (TPSA) is 47.3 Å². The van der Waals surface area contributed by atoms with Crippen molar-refractivity contribution in [2.75, 3.05) is 6.61 Å². The Morgan fingerprint density at radius 2 is 1.71 bits per heavy atom. The maximum Gasteiger partial charge on any atom is 0.188 e. The van der Waals surface area contributed by atoms with Crippen molar-refractivity contribution in [3.8, 4) is 11.3 Å². The molecule has 1 aromatic heterocycles. The normalized spacial score (nSPS) is 13.2. The number of aromatic nitrogens is 2. The monoisotopic (exact) mass is 402 g/mol. The number of nitrogens with zero attached hydrogens (tertiary/aromatic N) is 2. The van der Waals surface area contributed by atoms with Crippen LogP contribution in [-0.2, 0) is 17.9 Å². The van der Waals surface area contributed by atoms with Crippen molar-refractivity contribution in [3.63, 3.8) is 0 Å². The first-order valence-electron chi connectivity index (χ1n) is 10.3. The zero-order valence-corrected chi connectivity index (χ0v) is 20.0. The second-order valence-corrected chi connectivity index (χ2v) is 14.3. The van der Waals surface area contributed by atoms with E-state index in [1.54, 1.807) is 0 Å². The van der Waals surface area contributed by atoms with Gasteiger partial charge in [-0.1, -0.05) is 58.0 Å². The molecule has 0 unspecified atom stereocenters. The molecule has 1 N–H and O–H groups in total. The number of aryl methyl sites for hydroxylation is 1. The molecule has 0 spiro atoms. The third kappa shape index (κ3) is 5.34. The molecule has 0 aliphatic heterocycles. The maximum absolute atomic E-state index is 10.8. The lowest BCUT2D eigenvalue weighted by Gasteiger charge is -2.41. The highest BCUT2D eigenvalue weighted by Gasteiger charge is 2.42. The van der Waals surface area contributed by atoms with Gasteiger partial charge in [-0.05, 0) is 43.8 Å². The highest BCUT2D eigenvalue weighted by Crippen LogP contribution is 2.46. The third-order valence-corrected chi connectivity index (χ3v) is 9.36. The van der Waals surface area contributed by atoms with Crippen molar-refractivity contribution < 1.29 is 9.53 Å². The molecule has 5 heteroatoms. The van der Waals surface area contributed by atoms with E-state index in [0.29, 0.717) is 13.2 Å². The molecule has 0 aliphatic carbocycles. The summed E-state index contributed by atoms with van der Waals surface area (Å²) in [4.78, 5) is 15.6. The summed E-state index contributed by atoms with van der Waals surface area (Å²) in [7, 11) is -2.27. The summed E-state index contributed by atoms with van der Waals surface area (Å²) in [5.74, 6) is 0.976. The lowest BCUT2D eigenvalue weighted by molar-refractivity contribution is 0.122. The van der Waals surface area contributed by atoms with Gasteiger partial charge in [-0.25, -0.2) is 4.98 Å². The van der Waals surface area contributed by atoms with Crippen molar-refractivity contribution >= 4 is 8.32 Å². The second kappa shape index (κ2) is 8.52. The van der Waals surface area contributed by atoms with Gasteiger partial charge in [0.2, 0.25) is 0 Å². The minimum atomic E-state index is -2.27. The molecule has 4 nitrogen and oxygen atoms in total. The summed E-state index contributed by atoms with van der Waals surface area (Å²) in [6, 6.07) is 10.5. The van der Waals surface area contributed by atoms with Gasteiger partial charge in [-0.2, -0.15) is 0 Å². The molecule has 0 bridgehead atoms. The van der Waals surface area contributed by atoms with Crippen LogP contribution in [0, 0.1) is 12.3 Å². The molecule has 28 heavy (non-hydrogen) atoms. The van der Waals surface area contributed by atoms with Crippen LogP contribution >= 0.6 is 0 Å². The molecule has 0 radical (unpaired) electrons. The van der Waals surface area contributed by atoms with E-state index in [9.17, 15) is 4.80 Å². The number of hydrogen-bond donors (Lipinski definition) is 1. The zero-order valence-electron chi connectivity index (χ0n) is 19.0. The molecule has 156 valence electrons. The van der Waals surface area contributed by atoms with E-state index in [2.05, 4.69) is 63.5 Å². The molecule has 0 amide bonds. The summed E-state index contributed by atoms with van der Waals surface area (Å²) in [6.07, 6.45) is 0.954. The van der Waals surface area contributed by atoms with E-state index >= 15 is 0 Å². The highest BCUT2D eigenvalue weighted by atomic mass is 28.4. The summed E-state index contributed by atoms with van der Waals surface area (Å²) in [5, 5.41) is -0.0703. The maximum atomic E-state index is 10.8. The van der Waals surface area contributed by atoms with E-state index in [0.717, 1.165) is 24.5 Å². The van der Waals surface area contributed by atoms with E-state index in [1.807, 2.05) is 26.1 Å². The van der Waals surface area contributed by atoms with Crippen LogP contribution in [-0.4, -0.2) is 29.3 Å². The number of imidazole rings is 1. The molecule has 2 rings (SSSR count). The van der Waals surface area contributed by atoms with Crippen molar-refractivity contribution in [3.05, 3.63) is 41.9 Å². The van der Waals surface area contributed by atoms with Crippen molar-refractivity contribution in [2.45, 2.75) is 79.2 Å². The molecule has 0 aliphatic rings. The highest BCUT2D eigenvalue weighted by molar-refractivity contribution is 6.72. The molecule has 0 atom stereocenters. The van der Waals surface area contributed by atoms with Gasteiger partial charge in [0, 0.05) is 18.7 Å². The first-order valence-corrected chi connectivity index (χ1v) is 13.2. The van der Waals surface area contributed by atoms with Crippen molar-refractivity contribution in [1.82, 2.24) is 9.55 Å². The standard InChI is InChI=1S/C23H38N2O2Si/c1-9-27-15-20-24-18(2)21(19-13-11-10-12-14-19)25(20)17-22(3,4)16-23(5,6)28(7,8)26/h10-14,26H,9,15-17H2,1-8H3. The minimum Gasteiger partial charge on any atom is -0.432 e. The van der Waals surface area contributed by atoms with Crippen LogP contribution in [0.2, 0.25) is 18.1 Å². The molecular weight excluding hydrogens is 364 g/mol. The molecule has 1 heterocycles. The third-order valence-electron chi connectivity index (χ3n) is 5.87. The van der Waals surface area contributed by atoms with Crippen LogP contribution in [0.5, 0.6) is 0 Å². The molecule has 0 saturated carbocycles. The molecule has 0 fully saturated rings. The number of rotatable bonds is 9. The van der Waals surface area contributed by atoms with Gasteiger partial charge in [0.15, 0.2) is 8.32 Å². The Kier molecular flexibility index (Phi) is 6.95. The van der Waals surface area contributed by atoms with Gasteiger partial charge < -0.3 is 14.1 Å². The Morgan fingerprint density at radius 3 is 2.25 bits per heavy atom. The Balaban J connectivity index is 2.44. The molecular formula is C23H38N2O2Si. The first kappa shape index (κ1) is 22.9.